The number of hydrogen-bond acceptors (Lipinski definition) is 5. The number of nitrogens with zero attached hydrogens (tertiary/aromatic N) is 1. The van der Waals surface area contributed by atoms with Crippen molar-refractivity contribution in [2.24, 2.45) is 0 Å². The molecule has 2 N–H and O–H groups in total. The van der Waals surface area contributed by atoms with E-state index in [9.17, 15) is 9.59 Å². The van der Waals surface area contributed by atoms with Crippen LogP contribution in [0.5, 0.6) is 5.75 Å². The molecule has 0 fully saturated rings. The van der Waals surface area contributed by atoms with Crippen molar-refractivity contribution in [1.29, 1.82) is 0 Å². The van der Waals surface area contributed by atoms with E-state index in [1.807, 2.05) is 13.8 Å². The maximum absolute atomic E-state index is 12.1. The Morgan fingerprint density at radius 3 is 2.45 bits per heavy atom. The first kappa shape index (κ1) is 16.0. The SMILES string of the molecule is CC(=O)Nc1nc(C(=O)Nc2ccc(OC(C)C)cc2)cs1. The Labute approximate surface area is 132 Å². The average Bonchev–Trinajstić information content (AvgIpc) is 2.88. The summed E-state index contributed by atoms with van der Waals surface area (Å²) in [5.74, 6) is 0.196. The lowest BCUT2D eigenvalue weighted by Crippen LogP contribution is -2.13. The molecule has 0 aliphatic heterocycles. The molecule has 0 spiro atoms. The lowest BCUT2D eigenvalue weighted by molar-refractivity contribution is -0.114. The van der Waals surface area contributed by atoms with Crippen molar-refractivity contribution in [3.63, 3.8) is 0 Å². The zero-order valence-electron chi connectivity index (χ0n) is 12.5. The van der Waals surface area contributed by atoms with Crippen LogP contribution in [-0.4, -0.2) is 22.9 Å². The molecule has 6 nitrogen and oxygen atoms in total. The molecule has 2 amide bonds. The number of ether oxygens (including phenoxy) is 1. The molecule has 1 heterocycles. The van der Waals surface area contributed by atoms with Gasteiger partial charge in [0.1, 0.15) is 11.4 Å². The molecule has 1 aromatic heterocycles. The van der Waals surface area contributed by atoms with Crippen LogP contribution in [0.15, 0.2) is 29.6 Å². The predicted octanol–water partition coefficient (Wildman–Crippen LogP) is 3.14. The molecule has 7 heteroatoms. The van der Waals surface area contributed by atoms with Gasteiger partial charge in [-0.3, -0.25) is 9.59 Å². The lowest BCUT2D eigenvalue weighted by atomic mass is 10.3. The molecule has 2 rings (SSSR count). The Bertz CT molecular complexity index is 665. The normalized spacial score (nSPS) is 10.4. The number of benzene rings is 1. The fraction of sp³-hybridized carbons (Fsp3) is 0.267. The van der Waals surface area contributed by atoms with Gasteiger partial charge in [0.15, 0.2) is 5.13 Å². The molecule has 0 atom stereocenters. The maximum Gasteiger partial charge on any atom is 0.275 e. The maximum atomic E-state index is 12.1. The number of aromatic nitrogens is 1. The highest BCUT2D eigenvalue weighted by molar-refractivity contribution is 7.14. The fourth-order valence-electron chi connectivity index (χ4n) is 1.67. The summed E-state index contributed by atoms with van der Waals surface area (Å²) in [6.45, 7) is 5.29. The minimum atomic E-state index is -0.328. The van der Waals surface area contributed by atoms with E-state index < -0.39 is 0 Å². The third-order valence-corrected chi connectivity index (χ3v) is 3.26. The largest absolute Gasteiger partial charge is 0.491 e. The van der Waals surface area contributed by atoms with E-state index in [0.717, 1.165) is 5.75 Å². The molecular formula is C15H17N3O3S. The average molecular weight is 319 g/mol. The second-order valence-electron chi connectivity index (χ2n) is 4.86. The standard InChI is InChI=1S/C15H17N3O3S/c1-9(2)21-12-6-4-11(5-7-12)17-14(20)13-8-22-15(18-13)16-10(3)19/h4-9H,1-3H3,(H,17,20)(H,16,18,19). The first-order valence-electron chi connectivity index (χ1n) is 6.75. The van der Waals surface area contributed by atoms with Crippen molar-refractivity contribution in [2.75, 3.05) is 10.6 Å². The quantitative estimate of drug-likeness (QED) is 0.887. The number of amides is 2. The van der Waals surface area contributed by atoms with E-state index in [1.54, 1.807) is 29.6 Å². The summed E-state index contributed by atoms with van der Waals surface area (Å²) in [7, 11) is 0. The van der Waals surface area contributed by atoms with Gasteiger partial charge < -0.3 is 15.4 Å². The van der Waals surface area contributed by atoms with Crippen molar-refractivity contribution >= 4 is 34.0 Å². The first-order valence-corrected chi connectivity index (χ1v) is 7.63. The topological polar surface area (TPSA) is 80.3 Å². The van der Waals surface area contributed by atoms with Crippen molar-refractivity contribution in [1.82, 2.24) is 4.98 Å². The summed E-state index contributed by atoms with van der Waals surface area (Å²) < 4.78 is 5.54. The second kappa shape index (κ2) is 7.04. The number of nitrogens with one attached hydrogen (secondary N) is 2. The molecule has 2 aromatic rings. The summed E-state index contributed by atoms with van der Waals surface area (Å²) >= 11 is 1.20. The van der Waals surface area contributed by atoms with Crippen LogP contribution in [-0.2, 0) is 4.79 Å². The number of carbonyl (C=O) groups excluding carboxylic acids is 2. The molecule has 0 bridgehead atoms. The van der Waals surface area contributed by atoms with Crippen molar-refractivity contribution in [3.8, 4) is 5.75 Å². The predicted molar refractivity (Wildman–Crippen MR) is 86.6 cm³/mol. The Kier molecular flexibility index (Phi) is 5.11. The van der Waals surface area contributed by atoms with Gasteiger partial charge in [-0.25, -0.2) is 4.98 Å². The Morgan fingerprint density at radius 1 is 1.18 bits per heavy atom. The monoisotopic (exact) mass is 319 g/mol. The number of thiazole rings is 1. The smallest absolute Gasteiger partial charge is 0.275 e. The minimum Gasteiger partial charge on any atom is -0.491 e. The molecule has 22 heavy (non-hydrogen) atoms. The van der Waals surface area contributed by atoms with Gasteiger partial charge in [0.2, 0.25) is 5.91 Å². The van der Waals surface area contributed by atoms with Crippen LogP contribution >= 0.6 is 11.3 Å². The van der Waals surface area contributed by atoms with Gasteiger partial charge in [-0.2, -0.15) is 0 Å². The van der Waals surface area contributed by atoms with Crippen LogP contribution in [0.3, 0.4) is 0 Å². The van der Waals surface area contributed by atoms with Crippen LogP contribution in [0.2, 0.25) is 0 Å². The second-order valence-corrected chi connectivity index (χ2v) is 5.72. The molecule has 0 saturated carbocycles. The van der Waals surface area contributed by atoms with Gasteiger partial charge in [-0.15, -0.1) is 11.3 Å². The summed E-state index contributed by atoms with van der Waals surface area (Å²) in [5, 5.41) is 7.28. The van der Waals surface area contributed by atoms with Gasteiger partial charge in [-0.1, -0.05) is 0 Å². The van der Waals surface area contributed by atoms with Gasteiger partial charge >= 0.3 is 0 Å². The molecule has 0 saturated heterocycles. The number of anilines is 2. The Morgan fingerprint density at radius 2 is 1.86 bits per heavy atom. The van der Waals surface area contributed by atoms with Crippen LogP contribution in [0.25, 0.3) is 0 Å². The molecule has 1 aromatic carbocycles. The number of rotatable bonds is 5. The van der Waals surface area contributed by atoms with E-state index in [1.165, 1.54) is 18.3 Å². The summed E-state index contributed by atoms with van der Waals surface area (Å²) in [6.07, 6.45) is 0.0997. The Balaban J connectivity index is 1.99. The summed E-state index contributed by atoms with van der Waals surface area (Å²) in [4.78, 5) is 27.1. The third kappa shape index (κ3) is 4.56. The van der Waals surface area contributed by atoms with E-state index >= 15 is 0 Å². The van der Waals surface area contributed by atoms with Gasteiger partial charge in [0, 0.05) is 18.0 Å². The van der Waals surface area contributed by atoms with Crippen LogP contribution in [0.1, 0.15) is 31.3 Å². The first-order chi connectivity index (χ1) is 10.4. The van der Waals surface area contributed by atoms with E-state index in [-0.39, 0.29) is 23.6 Å². The molecule has 0 unspecified atom stereocenters. The fourth-order valence-corrected chi connectivity index (χ4v) is 2.41. The van der Waals surface area contributed by atoms with Crippen molar-refractivity contribution in [2.45, 2.75) is 26.9 Å². The highest BCUT2D eigenvalue weighted by Gasteiger charge is 2.11. The zero-order chi connectivity index (χ0) is 16.1. The number of carbonyl (C=O) groups is 2. The molecule has 0 aliphatic carbocycles. The van der Waals surface area contributed by atoms with E-state index in [0.29, 0.717) is 10.8 Å². The van der Waals surface area contributed by atoms with Crippen molar-refractivity contribution < 1.29 is 14.3 Å². The highest BCUT2D eigenvalue weighted by atomic mass is 32.1. The van der Waals surface area contributed by atoms with Gasteiger partial charge in [-0.05, 0) is 38.1 Å². The van der Waals surface area contributed by atoms with E-state index in [4.69, 9.17) is 4.74 Å². The molecule has 116 valence electrons. The molecule has 0 aliphatic rings. The van der Waals surface area contributed by atoms with Crippen LogP contribution < -0.4 is 15.4 Å². The highest BCUT2D eigenvalue weighted by Crippen LogP contribution is 2.19. The van der Waals surface area contributed by atoms with Gasteiger partial charge in [0.25, 0.3) is 5.91 Å². The minimum absolute atomic E-state index is 0.0997. The van der Waals surface area contributed by atoms with Gasteiger partial charge in [0.05, 0.1) is 6.10 Å². The molecular weight excluding hydrogens is 302 g/mol. The summed E-state index contributed by atoms with van der Waals surface area (Å²) in [6, 6.07) is 7.10. The molecule has 0 radical (unpaired) electrons. The van der Waals surface area contributed by atoms with Crippen LogP contribution in [0, 0.1) is 0 Å². The third-order valence-electron chi connectivity index (χ3n) is 2.50. The van der Waals surface area contributed by atoms with E-state index in [2.05, 4.69) is 15.6 Å². The number of hydrogen-bond donors (Lipinski definition) is 2. The summed E-state index contributed by atoms with van der Waals surface area (Å²) in [5.41, 5.74) is 0.909. The van der Waals surface area contributed by atoms with Crippen molar-refractivity contribution in [3.05, 3.63) is 35.3 Å². The zero-order valence-corrected chi connectivity index (χ0v) is 13.4. The lowest BCUT2D eigenvalue weighted by Gasteiger charge is -2.10. The van der Waals surface area contributed by atoms with Crippen LogP contribution in [0.4, 0.5) is 10.8 Å². The Hall–Kier alpha value is -2.41.